The van der Waals surface area contributed by atoms with Crippen LogP contribution in [0.5, 0.6) is 5.75 Å². The monoisotopic (exact) mass is 344 g/mol. The van der Waals surface area contributed by atoms with Crippen molar-refractivity contribution in [2.45, 2.75) is 64.7 Å². The molecule has 1 unspecified atom stereocenters. The number of benzene rings is 1. The number of phenols is 1. The molecular formula is C21H32N2O2. The predicted molar refractivity (Wildman–Crippen MR) is 101 cm³/mol. The van der Waals surface area contributed by atoms with Crippen LogP contribution in [0.15, 0.2) is 18.2 Å². The number of aromatic hydroxyl groups is 1. The van der Waals surface area contributed by atoms with Crippen LogP contribution in [0.3, 0.4) is 0 Å². The molecule has 3 rings (SSSR count). The molecule has 0 bridgehead atoms. The molecule has 0 radical (unpaired) electrons. The van der Waals surface area contributed by atoms with Crippen molar-refractivity contribution in [1.82, 2.24) is 10.2 Å². The highest BCUT2D eigenvalue weighted by Crippen LogP contribution is 2.52. The van der Waals surface area contributed by atoms with E-state index in [-0.39, 0.29) is 16.9 Å². The van der Waals surface area contributed by atoms with Gasteiger partial charge in [0.15, 0.2) is 0 Å². The molecule has 1 aliphatic carbocycles. The van der Waals surface area contributed by atoms with E-state index in [9.17, 15) is 9.90 Å². The minimum atomic E-state index is -0.0105. The lowest BCUT2D eigenvalue weighted by Crippen LogP contribution is -2.48. The van der Waals surface area contributed by atoms with Gasteiger partial charge in [-0.05, 0) is 72.6 Å². The molecule has 1 aromatic carbocycles. The SMILES string of the molecule is CC1(C)CCc2cc(O)ccc2C1(C)CCNC(=O)N1CCCCC1. The fraction of sp³-hybridized carbons (Fsp3) is 0.667. The van der Waals surface area contributed by atoms with Gasteiger partial charge in [-0.2, -0.15) is 0 Å². The number of urea groups is 1. The number of phenolic OH excluding ortho intramolecular Hbond substituents is 1. The average Bonchev–Trinajstić information content (AvgIpc) is 2.59. The fourth-order valence-electron chi connectivity index (χ4n) is 4.51. The number of hydrogen-bond donors (Lipinski definition) is 2. The minimum Gasteiger partial charge on any atom is -0.508 e. The highest BCUT2D eigenvalue weighted by molar-refractivity contribution is 5.74. The first kappa shape index (κ1) is 18.1. The molecule has 1 saturated heterocycles. The van der Waals surface area contributed by atoms with Gasteiger partial charge in [0.05, 0.1) is 0 Å². The van der Waals surface area contributed by atoms with Crippen LogP contribution in [0.25, 0.3) is 0 Å². The van der Waals surface area contributed by atoms with E-state index >= 15 is 0 Å². The lowest BCUT2D eigenvalue weighted by atomic mass is 9.55. The standard InChI is InChI=1S/C21H32N2O2/c1-20(2)10-9-16-15-17(24)7-8-18(16)21(20,3)11-12-22-19(25)23-13-5-4-6-14-23/h7-8,15,24H,4-6,9-14H2,1-3H3,(H,22,25). The quantitative estimate of drug-likeness (QED) is 0.863. The van der Waals surface area contributed by atoms with Crippen LogP contribution in [-0.4, -0.2) is 35.7 Å². The number of likely N-dealkylation sites (tertiary alicyclic amines) is 1. The summed E-state index contributed by atoms with van der Waals surface area (Å²) in [7, 11) is 0. The second-order valence-corrected chi connectivity index (χ2v) is 8.59. The molecule has 0 saturated carbocycles. The molecule has 2 amide bonds. The number of nitrogens with one attached hydrogen (secondary N) is 1. The van der Waals surface area contributed by atoms with E-state index in [1.165, 1.54) is 17.5 Å². The first-order valence-corrected chi connectivity index (χ1v) is 9.69. The van der Waals surface area contributed by atoms with Crippen molar-refractivity contribution in [3.8, 4) is 5.75 Å². The maximum Gasteiger partial charge on any atom is 0.317 e. The maximum absolute atomic E-state index is 12.4. The molecule has 0 aromatic heterocycles. The van der Waals surface area contributed by atoms with Gasteiger partial charge in [0.25, 0.3) is 0 Å². The molecule has 0 spiro atoms. The number of carbonyl (C=O) groups is 1. The van der Waals surface area contributed by atoms with Gasteiger partial charge in [-0.15, -0.1) is 0 Å². The molecule has 2 aliphatic rings. The summed E-state index contributed by atoms with van der Waals surface area (Å²) in [6, 6.07) is 5.88. The summed E-state index contributed by atoms with van der Waals surface area (Å²) < 4.78 is 0. The Kier molecular flexibility index (Phi) is 4.99. The van der Waals surface area contributed by atoms with E-state index in [1.54, 1.807) is 6.07 Å². The number of nitrogens with zero attached hydrogens (tertiary/aromatic N) is 1. The highest BCUT2D eigenvalue weighted by atomic mass is 16.3. The summed E-state index contributed by atoms with van der Waals surface area (Å²) in [4.78, 5) is 14.3. The van der Waals surface area contributed by atoms with Crippen molar-refractivity contribution in [2.75, 3.05) is 19.6 Å². The molecule has 1 aromatic rings. The van der Waals surface area contributed by atoms with Gasteiger partial charge in [-0.3, -0.25) is 0 Å². The van der Waals surface area contributed by atoms with Gasteiger partial charge < -0.3 is 15.3 Å². The van der Waals surface area contributed by atoms with Crippen LogP contribution in [0.4, 0.5) is 4.79 Å². The summed E-state index contributed by atoms with van der Waals surface area (Å²) in [6.07, 6.45) is 6.49. The lowest BCUT2D eigenvalue weighted by molar-refractivity contribution is 0.133. The van der Waals surface area contributed by atoms with Crippen LogP contribution in [-0.2, 0) is 11.8 Å². The van der Waals surface area contributed by atoms with E-state index in [0.717, 1.165) is 45.2 Å². The first-order valence-electron chi connectivity index (χ1n) is 9.69. The van der Waals surface area contributed by atoms with Crippen molar-refractivity contribution in [3.63, 3.8) is 0 Å². The van der Waals surface area contributed by atoms with Gasteiger partial charge in [-0.25, -0.2) is 4.79 Å². The molecule has 1 aliphatic heterocycles. The zero-order chi connectivity index (χ0) is 18.1. The smallest absolute Gasteiger partial charge is 0.317 e. The highest BCUT2D eigenvalue weighted by Gasteiger charge is 2.45. The Morgan fingerprint density at radius 3 is 2.64 bits per heavy atom. The fourth-order valence-corrected chi connectivity index (χ4v) is 4.51. The zero-order valence-corrected chi connectivity index (χ0v) is 15.9. The van der Waals surface area contributed by atoms with Gasteiger partial charge in [-0.1, -0.05) is 26.8 Å². The van der Waals surface area contributed by atoms with Crippen molar-refractivity contribution < 1.29 is 9.90 Å². The number of hydrogen-bond acceptors (Lipinski definition) is 2. The molecule has 25 heavy (non-hydrogen) atoms. The van der Waals surface area contributed by atoms with Gasteiger partial charge in [0.1, 0.15) is 5.75 Å². The summed E-state index contributed by atoms with van der Waals surface area (Å²) >= 11 is 0. The Balaban J connectivity index is 1.70. The van der Waals surface area contributed by atoms with E-state index in [2.05, 4.69) is 32.2 Å². The number of fused-ring (bicyclic) bond motifs is 1. The average molecular weight is 344 g/mol. The molecule has 1 fully saturated rings. The number of rotatable bonds is 3. The normalized spacial score (nSPS) is 25.3. The number of aryl methyl sites for hydroxylation is 1. The van der Waals surface area contributed by atoms with Gasteiger partial charge in [0, 0.05) is 19.6 Å². The molecule has 1 heterocycles. The van der Waals surface area contributed by atoms with E-state index in [1.807, 2.05) is 11.0 Å². The lowest BCUT2D eigenvalue weighted by Gasteiger charge is -2.49. The molecule has 4 nitrogen and oxygen atoms in total. The predicted octanol–water partition coefficient (Wildman–Crippen LogP) is 4.21. The summed E-state index contributed by atoms with van der Waals surface area (Å²) in [5, 5.41) is 13.0. The van der Waals surface area contributed by atoms with Crippen LogP contribution < -0.4 is 5.32 Å². The van der Waals surface area contributed by atoms with Gasteiger partial charge in [0.2, 0.25) is 0 Å². The van der Waals surface area contributed by atoms with Crippen molar-refractivity contribution >= 4 is 6.03 Å². The number of piperidine rings is 1. The Bertz CT molecular complexity index is 635. The minimum absolute atomic E-state index is 0.0105. The van der Waals surface area contributed by atoms with Crippen LogP contribution in [0.1, 0.15) is 64.0 Å². The molecule has 1 atom stereocenters. The van der Waals surface area contributed by atoms with E-state index in [0.29, 0.717) is 12.3 Å². The third kappa shape index (κ3) is 3.49. The van der Waals surface area contributed by atoms with Crippen LogP contribution in [0.2, 0.25) is 0 Å². The van der Waals surface area contributed by atoms with Gasteiger partial charge >= 0.3 is 6.03 Å². The summed E-state index contributed by atoms with van der Waals surface area (Å²) in [6.45, 7) is 9.43. The van der Waals surface area contributed by atoms with Crippen LogP contribution >= 0.6 is 0 Å². The molecular weight excluding hydrogens is 312 g/mol. The first-order chi connectivity index (χ1) is 11.8. The Morgan fingerprint density at radius 2 is 1.92 bits per heavy atom. The topological polar surface area (TPSA) is 52.6 Å². The Morgan fingerprint density at radius 1 is 1.20 bits per heavy atom. The number of amides is 2. The van der Waals surface area contributed by atoms with Crippen LogP contribution in [0, 0.1) is 5.41 Å². The van der Waals surface area contributed by atoms with Crippen molar-refractivity contribution in [1.29, 1.82) is 0 Å². The molecule has 2 N–H and O–H groups in total. The van der Waals surface area contributed by atoms with E-state index in [4.69, 9.17) is 0 Å². The van der Waals surface area contributed by atoms with Crippen molar-refractivity contribution in [3.05, 3.63) is 29.3 Å². The third-order valence-corrected chi connectivity index (χ3v) is 6.74. The Labute approximate surface area is 151 Å². The third-order valence-electron chi connectivity index (χ3n) is 6.74. The summed E-state index contributed by atoms with van der Waals surface area (Å²) in [5.74, 6) is 0.346. The summed E-state index contributed by atoms with van der Waals surface area (Å²) in [5.41, 5.74) is 2.73. The zero-order valence-electron chi connectivity index (χ0n) is 15.9. The number of carbonyl (C=O) groups excluding carboxylic acids is 1. The largest absolute Gasteiger partial charge is 0.508 e. The second kappa shape index (κ2) is 6.89. The van der Waals surface area contributed by atoms with Crippen molar-refractivity contribution in [2.24, 2.45) is 5.41 Å². The maximum atomic E-state index is 12.4. The second-order valence-electron chi connectivity index (χ2n) is 8.59. The van der Waals surface area contributed by atoms with E-state index < -0.39 is 0 Å². The molecule has 138 valence electrons. The molecule has 4 heteroatoms. The Hall–Kier alpha value is -1.71.